The summed E-state index contributed by atoms with van der Waals surface area (Å²) in [5, 5.41) is 2.40. The maximum Gasteiger partial charge on any atom is 0.288 e. The fourth-order valence-electron chi connectivity index (χ4n) is 1.58. The molecule has 1 aromatic heterocycles. The van der Waals surface area contributed by atoms with E-state index in [4.69, 9.17) is 4.74 Å². The summed E-state index contributed by atoms with van der Waals surface area (Å²) < 4.78 is 18.8. The molecule has 0 saturated carbocycles. The number of anilines is 1. The van der Waals surface area contributed by atoms with E-state index in [0.717, 1.165) is 6.20 Å². The van der Waals surface area contributed by atoms with Crippen LogP contribution in [0.5, 0.6) is 0 Å². The maximum absolute atomic E-state index is 13.6. The lowest BCUT2D eigenvalue weighted by Gasteiger charge is -2.27. The molecule has 1 saturated heterocycles. The second kappa shape index (κ2) is 5.05. The van der Waals surface area contributed by atoms with Gasteiger partial charge in [-0.2, -0.15) is 0 Å². The second-order valence-corrected chi connectivity index (χ2v) is 3.54. The van der Waals surface area contributed by atoms with Crippen LogP contribution < -0.4 is 10.2 Å². The summed E-state index contributed by atoms with van der Waals surface area (Å²) in [4.78, 5) is 20.7. The largest absolute Gasteiger partial charge is 0.378 e. The standard InChI is InChI=1S/C10H13FN4O2/c1-12-10(16)8-13-6-7(11)9(14-8)15-2-4-17-5-3-15/h6H,2-5H2,1H3,(H,12,16). The van der Waals surface area contributed by atoms with Crippen molar-refractivity contribution in [2.24, 2.45) is 0 Å². The molecule has 0 bridgehead atoms. The van der Waals surface area contributed by atoms with E-state index in [1.165, 1.54) is 7.05 Å². The molecule has 2 heterocycles. The van der Waals surface area contributed by atoms with Crippen molar-refractivity contribution in [3.05, 3.63) is 17.8 Å². The number of hydrogen-bond acceptors (Lipinski definition) is 5. The van der Waals surface area contributed by atoms with Crippen molar-refractivity contribution in [3.8, 4) is 0 Å². The van der Waals surface area contributed by atoms with Gasteiger partial charge in [0.25, 0.3) is 5.91 Å². The SMILES string of the molecule is CNC(=O)c1ncc(F)c(N2CCOCC2)n1. The molecule has 0 atom stereocenters. The Labute approximate surface area is 97.8 Å². The van der Waals surface area contributed by atoms with Gasteiger partial charge in [-0.3, -0.25) is 4.79 Å². The molecule has 6 nitrogen and oxygen atoms in total. The van der Waals surface area contributed by atoms with Gasteiger partial charge in [-0.1, -0.05) is 0 Å². The van der Waals surface area contributed by atoms with Crippen molar-refractivity contribution in [3.63, 3.8) is 0 Å². The van der Waals surface area contributed by atoms with Crippen LogP contribution in [0.1, 0.15) is 10.6 Å². The molecule has 17 heavy (non-hydrogen) atoms. The first kappa shape index (κ1) is 11.7. The molecule has 1 fully saturated rings. The monoisotopic (exact) mass is 240 g/mol. The highest BCUT2D eigenvalue weighted by Crippen LogP contribution is 2.16. The lowest BCUT2D eigenvalue weighted by atomic mass is 10.4. The molecule has 92 valence electrons. The van der Waals surface area contributed by atoms with E-state index in [0.29, 0.717) is 26.3 Å². The van der Waals surface area contributed by atoms with Gasteiger partial charge in [-0.15, -0.1) is 0 Å². The molecule has 0 aliphatic carbocycles. The molecule has 2 rings (SSSR count). The third-order valence-corrected chi connectivity index (χ3v) is 2.47. The number of morpholine rings is 1. The van der Waals surface area contributed by atoms with Crippen molar-refractivity contribution in [1.29, 1.82) is 0 Å². The average molecular weight is 240 g/mol. The number of nitrogens with one attached hydrogen (secondary N) is 1. The van der Waals surface area contributed by atoms with Gasteiger partial charge in [0, 0.05) is 20.1 Å². The molecule has 1 aliphatic heterocycles. The summed E-state index contributed by atoms with van der Waals surface area (Å²) in [7, 11) is 1.48. The Balaban J connectivity index is 2.28. The Morgan fingerprint density at radius 2 is 2.24 bits per heavy atom. The summed E-state index contributed by atoms with van der Waals surface area (Å²) in [5.74, 6) is -0.837. The predicted octanol–water partition coefficient (Wildman–Crippen LogP) is -0.188. The topological polar surface area (TPSA) is 67.4 Å². The fraction of sp³-hybridized carbons (Fsp3) is 0.500. The molecule has 1 N–H and O–H groups in total. The van der Waals surface area contributed by atoms with E-state index in [2.05, 4.69) is 15.3 Å². The van der Waals surface area contributed by atoms with Crippen molar-refractivity contribution in [2.75, 3.05) is 38.3 Å². The van der Waals surface area contributed by atoms with Gasteiger partial charge in [0.15, 0.2) is 11.6 Å². The van der Waals surface area contributed by atoms with Crippen LogP contribution in [-0.4, -0.2) is 49.2 Å². The normalized spacial score (nSPS) is 15.8. The molecule has 1 amide bonds. The first-order valence-electron chi connectivity index (χ1n) is 5.29. The van der Waals surface area contributed by atoms with Crippen molar-refractivity contribution >= 4 is 11.7 Å². The molecular weight excluding hydrogens is 227 g/mol. The lowest BCUT2D eigenvalue weighted by Crippen LogP contribution is -2.38. The minimum atomic E-state index is -0.528. The summed E-state index contributed by atoms with van der Waals surface area (Å²) in [5.41, 5.74) is 0. The molecule has 0 spiro atoms. The summed E-state index contributed by atoms with van der Waals surface area (Å²) in [6, 6.07) is 0. The smallest absolute Gasteiger partial charge is 0.288 e. The molecular formula is C10H13FN4O2. The Morgan fingerprint density at radius 3 is 2.88 bits per heavy atom. The van der Waals surface area contributed by atoms with Crippen LogP contribution >= 0.6 is 0 Å². The van der Waals surface area contributed by atoms with Gasteiger partial charge in [0.1, 0.15) is 0 Å². The number of ether oxygens (including phenoxy) is 1. The van der Waals surface area contributed by atoms with E-state index in [1.54, 1.807) is 4.90 Å². The Morgan fingerprint density at radius 1 is 1.53 bits per heavy atom. The zero-order chi connectivity index (χ0) is 12.3. The Kier molecular flexibility index (Phi) is 3.48. The lowest BCUT2D eigenvalue weighted by molar-refractivity contribution is 0.0952. The zero-order valence-electron chi connectivity index (χ0n) is 9.44. The number of aromatic nitrogens is 2. The molecule has 7 heteroatoms. The van der Waals surface area contributed by atoms with Crippen molar-refractivity contribution < 1.29 is 13.9 Å². The van der Waals surface area contributed by atoms with Crippen LogP contribution in [0.3, 0.4) is 0 Å². The molecule has 0 unspecified atom stereocenters. The van der Waals surface area contributed by atoms with Crippen LogP contribution in [0.15, 0.2) is 6.20 Å². The zero-order valence-corrected chi connectivity index (χ0v) is 9.44. The number of rotatable bonds is 2. The summed E-state index contributed by atoms with van der Waals surface area (Å²) in [6.45, 7) is 2.17. The van der Waals surface area contributed by atoms with Gasteiger partial charge in [-0.25, -0.2) is 14.4 Å². The van der Waals surface area contributed by atoms with Crippen LogP contribution in [-0.2, 0) is 4.74 Å². The molecule has 1 aromatic rings. The van der Waals surface area contributed by atoms with Crippen molar-refractivity contribution in [1.82, 2.24) is 15.3 Å². The molecule has 1 aliphatic rings. The first-order valence-corrected chi connectivity index (χ1v) is 5.29. The van der Waals surface area contributed by atoms with E-state index >= 15 is 0 Å². The summed E-state index contributed by atoms with van der Waals surface area (Å²) in [6.07, 6.45) is 1.02. The number of carbonyl (C=O) groups is 1. The average Bonchev–Trinajstić information content (AvgIpc) is 2.39. The fourth-order valence-corrected chi connectivity index (χ4v) is 1.58. The van der Waals surface area contributed by atoms with Crippen LogP contribution in [0.25, 0.3) is 0 Å². The third kappa shape index (κ3) is 2.50. The first-order chi connectivity index (χ1) is 8.22. The molecule has 0 radical (unpaired) electrons. The van der Waals surface area contributed by atoms with E-state index in [9.17, 15) is 9.18 Å². The Bertz CT molecular complexity index is 421. The highest BCUT2D eigenvalue weighted by atomic mass is 19.1. The van der Waals surface area contributed by atoms with E-state index in [1.807, 2.05) is 0 Å². The van der Waals surface area contributed by atoms with Crippen molar-refractivity contribution in [2.45, 2.75) is 0 Å². The molecule has 0 aromatic carbocycles. The highest BCUT2D eigenvalue weighted by Gasteiger charge is 2.19. The number of hydrogen-bond donors (Lipinski definition) is 1. The second-order valence-electron chi connectivity index (χ2n) is 3.54. The van der Waals surface area contributed by atoms with Crippen LogP contribution in [0, 0.1) is 5.82 Å². The van der Waals surface area contributed by atoms with Gasteiger partial charge < -0.3 is 15.0 Å². The highest BCUT2D eigenvalue weighted by molar-refractivity contribution is 5.90. The van der Waals surface area contributed by atoms with Gasteiger partial charge in [-0.05, 0) is 0 Å². The maximum atomic E-state index is 13.6. The number of halogens is 1. The minimum Gasteiger partial charge on any atom is -0.378 e. The quantitative estimate of drug-likeness (QED) is 0.776. The Hall–Kier alpha value is -1.76. The van der Waals surface area contributed by atoms with Gasteiger partial charge >= 0.3 is 0 Å². The number of carbonyl (C=O) groups excluding carboxylic acids is 1. The van der Waals surface area contributed by atoms with E-state index in [-0.39, 0.29) is 11.6 Å². The van der Waals surface area contributed by atoms with Crippen LogP contribution in [0.4, 0.5) is 10.2 Å². The van der Waals surface area contributed by atoms with Gasteiger partial charge in [0.2, 0.25) is 5.82 Å². The number of nitrogens with zero attached hydrogens (tertiary/aromatic N) is 3. The minimum absolute atomic E-state index is 0.0320. The van der Waals surface area contributed by atoms with Crippen LogP contribution in [0.2, 0.25) is 0 Å². The number of amides is 1. The predicted molar refractivity (Wildman–Crippen MR) is 58.4 cm³/mol. The van der Waals surface area contributed by atoms with Gasteiger partial charge in [0.05, 0.1) is 19.4 Å². The van der Waals surface area contributed by atoms with E-state index < -0.39 is 11.7 Å². The third-order valence-electron chi connectivity index (χ3n) is 2.47. The summed E-state index contributed by atoms with van der Waals surface area (Å²) >= 11 is 0.